The summed E-state index contributed by atoms with van der Waals surface area (Å²) in [7, 11) is 0. The van der Waals surface area contributed by atoms with Crippen molar-refractivity contribution < 1.29 is 14.3 Å². The van der Waals surface area contributed by atoms with Gasteiger partial charge in [-0.25, -0.2) is 9.18 Å². The van der Waals surface area contributed by atoms with Crippen LogP contribution in [0.3, 0.4) is 0 Å². The zero-order valence-electron chi connectivity index (χ0n) is 13.9. The monoisotopic (exact) mass is 394 g/mol. The highest BCUT2D eigenvalue weighted by atomic mass is 35.5. The van der Waals surface area contributed by atoms with Gasteiger partial charge in [-0.15, -0.1) is 0 Å². The molecular formula is C19H17Cl2FN2O2. The Morgan fingerprint density at radius 2 is 2.04 bits per heavy atom. The van der Waals surface area contributed by atoms with E-state index in [-0.39, 0.29) is 17.3 Å². The molecule has 1 aromatic carbocycles. The highest BCUT2D eigenvalue weighted by Crippen LogP contribution is 2.50. The van der Waals surface area contributed by atoms with E-state index >= 15 is 0 Å². The van der Waals surface area contributed by atoms with Crippen LogP contribution in [0.4, 0.5) is 9.18 Å². The Bertz CT molecular complexity index is 889. The van der Waals surface area contributed by atoms with E-state index in [4.69, 9.17) is 23.2 Å². The second-order valence-corrected chi connectivity index (χ2v) is 7.15. The second kappa shape index (κ2) is 7.17. The summed E-state index contributed by atoms with van der Waals surface area (Å²) in [6, 6.07) is 5.66. The number of fused-ring (bicyclic) bond motifs is 1. The number of hydrogen-bond donors (Lipinski definition) is 3. The van der Waals surface area contributed by atoms with E-state index in [1.54, 1.807) is 30.4 Å². The van der Waals surface area contributed by atoms with Crippen molar-refractivity contribution in [1.82, 2.24) is 10.6 Å². The molecule has 0 fully saturated rings. The van der Waals surface area contributed by atoms with Gasteiger partial charge in [-0.3, -0.25) is 0 Å². The van der Waals surface area contributed by atoms with Gasteiger partial charge in [0.05, 0.1) is 10.7 Å². The normalized spacial score (nSPS) is 22.1. The van der Waals surface area contributed by atoms with Gasteiger partial charge in [0.15, 0.2) is 0 Å². The molecule has 3 rings (SSSR count). The smallest absolute Gasteiger partial charge is 0.319 e. The molecule has 0 radical (unpaired) electrons. The summed E-state index contributed by atoms with van der Waals surface area (Å²) >= 11 is 12.6. The molecular weight excluding hydrogens is 378 g/mol. The Hall–Kier alpha value is -2.24. The number of rotatable bonds is 3. The zero-order valence-corrected chi connectivity index (χ0v) is 15.5. The third-order valence-electron chi connectivity index (χ3n) is 4.53. The molecule has 2 amide bonds. The van der Waals surface area contributed by atoms with Crippen LogP contribution in [0.5, 0.6) is 0 Å². The van der Waals surface area contributed by atoms with Gasteiger partial charge in [-0.1, -0.05) is 48.3 Å². The molecule has 2 aliphatic rings. The Morgan fingerprint density at radius 1 is 1.31 bits per heavy atom. The van der Waals surface area contributed by atoms with E-state index in [1.165, 1.54) is 12.1 Å². The molecule has 1 atom stereocenters. The van der Waals surface area contributed by atoms with Crippen LogP contribution < -0.4 is 10.6 Å². The quantitative estimate of drug-likeness (QED) is 0.675. The lowest BCUT2D eigenvalue weighted by atomic mass is 9.72. The summed E-state index contributed by atoms with van der Waals surface area (Å²) in [5.41, 5.74) is 0.775. The lowest BCUT2D eigenvalue weighted by molar-refractivity contribution is 0.242. The molecule has 0 aliphatic heterocycles. The van der Waals surface area contributed by atoms with Crippen LogP contribution >= 0.6 is 23.2 Å². The van der Waals surface area contributed by atoms with Gasteiger partial charge in [0.1, 0.15) is 11.6 Å². The Balaban J connectivity index is 1.79. The van der Waals surface area contributed by atoms with Crippen LogP contribution in [0.1, 0.15) is 18.9 Å². The molecule has 3 N–H and O–H groups in total. The number of benzene rings is 1. The van der Waals surface area contributed by atoms with Crippen molar-refractivity contribution in [1.29, 1.82) is 0 Å². The molecule has 26 heavy (non-hydrogen) atoms. The van der Waals surface area contributed by atoms with E-state index in [0.717, 1.165) is 0 Å². The number of allylic oxidation sites excluding steroid dienone is 6. The minimum atomic E-state index is -0.583. The van der Waals surface area contributed by atoms with E-state index in [9.17, 15) is 14.3 Å². The van der Waals surface area contributed by atoms with Crippen LogP contribution in [0.2, 0.25) is 0 Å². The fourth-order valence-electron chi connectivity index (χ4n) is 2.93. The molecule has 0 heterocycles. The van der Waals surface area contributed by atoms with Gasteiger partial charge >= 0.3 is 6.03 Å². The van der Waals surface area contributed by atoms with Crippen molar-refractivity contribution in [3.05, 3.63) is 81.0 Å². The first-order valence-electron chi connectivity index (χ1n) is 7.98. The van der Waals surface area contributed by atoms with Gasteiger partial charge in [0, 0.05) is 22.6 Å². The zero-order chi connectivity index (χ0) is 18.9. The van der Waals surface area contributed by atoms with E-state index in [0.29, 0.717) is 28.3 Å². The first-order valence-corrected chi connectivity index (χ1v) is 8.74. The van der Waals surface area contributed by atoms with Gasteiger partial charge in [-0.2, -0.15) is 0 Å². The van der Waals surface area contributed by atoms with Crippen LogP contribution in [0, 0.1) is 11.2 Å². The first-order chi connectivity index (χ1) is 12.3. The number of hydrogen-bond acceptors (Lipinski definition) is 2. The number of amides is 2. The number of aliphatic hydroxyl groups is 1. The number of nitrogens with one attached hydrogen (secondary N) is 2. The SMILES string of the molecule is CC12CC=C(O)C=C1C(NC(=O)NCc1ccccc1F)=C(Cl)C=C2Cl. The van der Waals surface area contributed by atoms with Crippen LogP contribution in [-0.4, -0.2) is 11.1 Å². The van der Waals surface area contributed by atoms with E-state index in [1.807, 2.05) is 6.92 Å². The standard InChI is InChI=1S/C19H17Cl2FN2O2/c1-19-7-6-12(25)8-13(19)17(14(20)9-16(19)21)24-18(26)23-10-11-4-2-3-5-15(11)22/h2-6,8-9,25H,7,10H2,1H3,(H2,23,24,26). The Labute approximate surface area is 160 Å². The molecule has 0 spiro atoms. The molecule has 1 unspecified atom stereocenters. The van der Waals surface area contributed by atoms with Gasteiger partial charge in [0.25, 0.3) is 0 Å². The molecule has 4 nitrogen and oxygen atoms in total. The summed E-state index contributed by atoms with van der Waals surface area (Å²) in [4.78, 5) is 12.3. The van der Waals surface area contributed by atoms with Crippen LogP contribution in [0.15, 0.2) is 69.6 Å². The van der Waals surface area contributed by atoms with Crippen molar-refractivity contribution in [2.45, 2.75) is 19.9 Å². The van der Waals surface area contributed by atoms with E-state index < -0.39 is 17.3 Å². The number of carbonyl (C=O) groups is 1. The second-order valence-electron chi connectivity index (χ2n) is 6.34. The molecule has 0 aromatic heterocycles. The average Bonchev–Trinajstić information content (AvgIpc) is 2.60. The van der Waals surface area contributed by atoms with Crippen molar-refractivity contribution >= 4 is 29.2 Å². The fraction of sp³-hybridized carbons (Fsp3) is 0.211. The maximum absolute atomic E-state index is 13.7. The molecule has 2 aliphatic carbocycles. The maximum atomic E-state index is 13.7. The van der Waals surface area contributed by atoms with Crippen molar-refractivity contribution in [3.8, 4) is 0 Å². The molecule has 0 saturated heterocycles. The molecule has 1 aromatic rings. The molecule has 136 valence electrons. The molecule has 0 saturated carbocycles. The summed E-state index contributed by atoms with van der Waals surface area (Å²) in [6.07, 6.45) is 5.26. The number of aliphatic hydroxyl groups excluding tert-OH is 1. The summed E-state index contributed by atoms with van der Waals surface area (Å²) in [5, 5.41) is 15.9. The number of urea groups is 1. The Kier molecular flexibility index (Phi) is 5.12. The topological polar surface area (TPSA) is 61.4 Å². The minimum absolute atomic E-state index is 0.0292. The highest BCUT2D eigenvalue weighted by molar-refractivity contribution is 6.36. The molecule has 7 heteroatoms. The first kappa shape index (κ1) is 18.5. The van der Waals surface area contributed by atoms with Crippen molar-refractivity contribution in [2.24, 2.45) is 5.41 Å². The molecule has 0 bridgehead atoms. The minimum Gasteiger partial charge on any atom is -0.508 e. The van der Waals surface area contributed by atoms with Crippen LogP contribution in [-0.2, 0) is 6.54 Å². The lowest BCUT2D eigenvalue weighted by Crippen LogP contribution is -2.39. The third-order valence-corrected chi connectivity index (χ3v) is 5.35. The van der Waals surface area contributed by atoms with Gasteiger partial charge < -0.3 is 15.7 Å². The Morgan fingerprint density at radius 3 is 2.77 bits per heavy atom. The fourth-order valence-corrected chi connectivity index (χ4v) is 3.53. The van der Waals surface area contributed by atoms with Gasteiger partial charge in [-0.05, 0) is 36.3 Å². The number of halogens is 3. The number of carbonyl (C=O) groups excluding carboxylic acids is 1. The summed E-state index contributed by atoms with van der Waals surface area (Å²) in [5.74, 6) is -0.311. The predicted molar refractivity (Wildman–Crippen MR) is 100 cm³/mol. The van der Waals surface area contributed by atoms with Crippen LogP contribution in [0.25, 0.3) is 0 Å². The largest absolute Gasteiger partial charge is 0.508 e. The predicted octanol–water partition coefficient (Wildman–Crippen LogP) is 4.99. The van der Waals surface area contributed by atoms with Gasteiger partial charge in [0.2, 0.25) is 0 Å². The lowest BCUT2D eigenvalue weighted by Gasteiger charge is -2.38. The van der Waals surface area contributed by atoms with E-state index in [2.05, 4.69) is 10.6 Å². The van der Waals surface area contributed by atoms with Crippen molar-refractivity contribution in [3.63, 3.8) is 0 Å². The average molecular weight is 395 g/mol. The maximum Gasteiger partial charge on any atom is 0.319 e. The highest BCUT2D eigenvalue weighted by Gasteiger charge is 2.40. The summed E-state index contributed by atoms with van der Waals surface area (Å²) < 4.78 is 13.7. The van der Waals surface area contributed by atoms with Crippen molar-refractivity contribution in [2.75, 3.05) is 0 Å². The third kappa shape index (κ3) is 3.50. The summed E-state index contributed by atoms with van der Waals surface area (Å²) in [6.45, 7) is 1.93.